The number of imide groups is 1. The van der Waals surface area contributed by atoms with Gasteiger partial charge in [-0.3, -0.25) is 14.5 Å². The zero-order valence-corrected chi connectivity index (χ0v) is 11.8. The maximum atomic E-state index is 12.5. The molecule has 0 N–H and O–H groups in total. The van der Waals surface area contributed by atoms with Crippen molar-refractivity contribution in [3.63, 3.8) is 0 Å². The number of nitrogens with zero attached hydrogens (tertiary/aromatic N) is 1. The van der Waals surface area contributed by atoms with Crippen LogP contribution in [-0.4, -0.2) is 16.7 Å². The maximum Gasteiger partial charge on any atom is 0.262 e. The van der Waals surface area contributed by atoms with Gasteiger partial charge in [-0.15, -0.1) is 0 Å². The van der Waals surface area contributed by atoms with Crippen molar-refractivity contribution in [3.05, 3.63) is 82.9 Å². The lowest BCUT2D eigenvalue weighted by Crippen LogP contribution is -2.33. The van der Waals surface area contributed by atoms with Crippen molar-refractivity contribution in [1.82, 2.24) is 4.90 Å². The van der Waals surface area contributed by atoms with Crippen LogP contribution in [0.1, 0.15) is 32.3 Å². The fourth-order valence-electron chi connectivity index (χ4n) is 2.53. The third-order valence-electron chi connectivity index (χ3n) is 3.50. The molecule has 0 spiro atoms. The number of halogens is 1. The van der Waals surface area contributed by atoms with E-state index in [1.807, 2.05) is 30.3 Å². The van der Waals surface area contributed by atoms with Crippen molar-refractivity contribution in [2.24, 2.45) is 0 Å². The topological polar surface area (TPSA) is 37.4 Å². The second-order valence-electron chi connectivity index (χ2n) is 4.70. The molecule has 104 valence electrons. The molecule has 1 heterocycles. The van der Waals surface area contributed by atoms with Gasteiger partial charge in [-0.25, -0.2) is 0 Å². The molecule has 2 aromatic carbocycles. The summed E-state index contributed by atoms with van der Waals surface area (Å²) in [6.45, 7) is 0. The van der Waals surface area contributed by atoms with Crippen LogP contribution in [-0.2, 0) is 0 Å². The van der Waals surface area contributed by atoms with Crippen LogP contribution in [0.3, 0.4) is 0 Å². The molecule has 21 heavy (non-hydrogen) atoms. The van der Waals surface area contributed by atoms with Crippen LogP contribution in [0.15, 0.2) is 66.2 Å². The number of hydrogen-bond donors (Lipinski definition) is 0. The van der Waals surface area contributed by atoms with Gasteiger partial charge in [0, 0.05) is 5.54 Å². The lowest BCUT2D eigenvalue weighted by Gasteiger charge is -2.23. The number of benzene rings is 2. The van der Waals surface area contributed by atoms with Crippen molar-refractivity contribution in [2.75, 3.05) is 0 Å². The number of carbonyl (C=O) groups is 2. The van der Waals surface area contributed by atoms with E-state index < -0.39 is 6.04 Å². The second-order valence-corrected chi connectivity index (χ2v) is 4.95. The summed E-state index contributed by atoms with van der Waals surface area (Å²) in [6.07, 6.45) is 1.64. The Morgan fingerprint density at radius 3 is 1.90 bits per heavy atom. The van der Waals surface area contributed by atoms with Crippen LogP contribution in [0.4, 0.5) is 0 Å². The molecule has 1 aliphatic heterocycles. The van der Waals surface area contributed by atoms with Gasteiger partial charge in [0.25, 0.3) is 11.8 Å². The summed E-state index contributed by atoms with van der Waals surface area (Å²) in [5.41, 5.74) is 3.04. The van der Waals surface area contributed by atoms with Crippen LogP contribution in [0.2, 0.25) is 0 Å². The Labute approximate surface area is 127 Å². The molecule has 0 aliphatic carbocycles. The third-order valence-corrected chi connectivity index (χ3v) is 3.65. The highest BCUT2D eigenvalue weighted by molar-refractivity contribution is 6.25. The second kappa shape index (κ2) is 5.54. The van der Waals surface area contributed by atoms with E-state index in [-0.39, 0.29) is 11.8 Å². The van der Waals surface area contributed by atoms with Crippen molar-refractivity contribution in [1.29, 1.82) is 0 Å². The first kappa shape index (κ1) is 13.6. The first-order valence-corrected chi connectivity index (χ1v) is 6.96. The SMILES string of the molecule is O=C1c2ccccc2C(=O)N1C(C=CCl)c1ccccc1. The van der Waals surface area contributed by atoms with Crippen molar-refractivity contribution in [2.45, 2.75) is 6.04 Å². The molecular weight excluding hydrogens is 286 g/mol. The molecule has 0 aromatic heterocycles. The average Bonchev–Trinajstić information content (AvgIpc) is 2.78. The predicted octanol–water partition coefficient (Wildman–Crippen LogP) is 3.78. The van der Waals surface area contributed by atoms with E-state index >= 15 is 0 Å². The van der Waals surface area contributed by atoms with Gasteiger partial charge in [-0.1, -0.05) is 54.1 Å². The summed E-state index contributed by atoms with van der Waals surface area (Å²) in [5.74, 6) is -0.585. The van der Waals surface area contributed by atoms with Gasteiger partial charge >= 0.3 is 0 Å². The molecule has 0 bridgehead atoms. The molecule has 3 rings (SSSR count). The van der Waals surface area contributed by atoms with Crippen LogP contribution in [0.5, 0.6) is 0 Å². The minimum atomic E-state index is -0.504. The molecule has 1 atom stereocenters. The fraction of sp³-hybridized carbons (Fsp3) is 0.0588. The Morgan fingerprint density at radius 1 is 0.857 bits per heavy atom. The van der Waals surface area contributed by atoms with E-state index in [0.29, 0.717) is 11.1 Å². The summed E-state index contributed by atoms with van der Waals surface area (Å²) in [4.78, 5) is 26.3. The van der Waals surface area contributed by atoms with E-state index in [2.05, 4.69) is 0 Å². The van der Waals surface area contributed by atoms with Crippen LogP contribution >= 0.6 is 11.6 Å². The molecule has 0 saturated carbocycles. The van der Waals surface area contributed by atoms with Gasteiger partial charge in [0.2, 0.25) is 0 Å². The van der Waals surface area contributed by atoms with Gasteiger partial charge in [-0.05, 0) is 23.8 Å². The zero-order chi connectivity index (χ0) is 14.8. The normalized spacial score (nSPS) is 15.6. The molecule has 2 amide bonds. The van der Waals surface area contributed by atoms with Crippen LogP contribution in [0.25, 0.3) is 0 Å². The Morgan fingerprint density at radius 2 is 1.38 bits per heavy atom. The van der Waals surface area contributed by atoms with Crippen LogP contribution in [0, 0.1) is 0 Å². The Hall–Kier alpha value is -2.39. The lowest BCUT2D eigenvalue weighted by atomic mass is 10.1. The fourth-order valence-corrected chi connectivity index (χ4v) is 2.66. The van der Waals surface area contributed by atoms with Gasteiger partial charge in [-0.2, -0.15) is 0 Å². The van der Waals surface area contributed by atoms with Crippen LogP contribution < -0.4 is 0 Å². The molecule has 1 unspecified atom stereocenters. The van der Waals surface area contributed by atoms with Crippen molar-refractivity contribution in [3.8, 4) is 0 Å². The molecule has 0 fully saturated rings. The Kier molecular flexibility index (Phi) is 3.59. The Balaban J connectivity index is 2.07. The maximum absolute atomic E-state index is 12.5. The molecule has 0 saturated heterocycles. The minimum absolute atomic E-state index is 0.292. The molecule has 0 radical (unpaired) electrons. The highest BCUT2D eigenvalue weighted by Gasteiger charge is 2.39. The number of rotatable bonds is 3. The average molecular weight is 298 g/mol. The van der Waals surface area contributed by atoms with E-state index in [1.165, 1.54) is 10.4 Å². The van der Waals surface area contributed by atoms with Crippen molar-refractivity contribution < 1.29 is 9.59 Å². The monoisotopic (exact) mass is 297 g/mol. The number of hydrogen-bond acceptors (Lipinski definition) is 2. The van der Waals surface area contributed by atoms with E-state index in [1.54, 1.807) is 30.3 Å². The summed E-state index contributed by atoms with van der Waals surface area (Å²) in [7, 11) is 0. The van der Waals surface area contributed by atoms with E-state index in [9.17, 15) is 9.59 Å². The smallest absolute Gasteiger partial charge is 0.262 e. The van der Waals surface area contributed by atoms with Gasteiger partial charge in [0.05, 0.1) is 17.2 Å². The molecule has 1 aliphatic rings. The first-order chi connectivity index (χ1) is 10.2. The molecule has 2 aromatic rings. The largest absolute Gasteiger partial charge is 0.269 e. The quantitative estimate of drug-likeness (QED) is 0.809. The highest BCUT2D eigenvalue weighted by atomic mass is 35.5. The standard InChI is InChI=1S/C17H12ClNO2/c18-11-10-15(12-6-2-1-3-7-12)19-16(20)13-8-4-5-9-14(13)17(19)21/h1-11,15H. The molecule has 3 nitrogen and oxygen atoms in total. The summed E-state index contributed by atoms with van der Waals surface area (Å²) in [6, 6.07) is 15.7. The summed E-state index contributed by atoms with van der Waals surface area (Å²) < 4.78 is 0. The predicted molar refractivity (Wildman–Crippen MR) is 81.1 cm³/mol. The Bertz CT molecular complexity index is 690. The molecule has 4 heteroatoms. The summed E-state index contributed by atoms with van der Waals surface area (Å²) >= 11 is 5.70. The number of fused-ring (bicyclic) bond motifs is 1. The molecular formula is C17H12ClNO2. The zero-order valence-electron chi connectivity index (χ0n) is 11.1. The number of carbonyl (C=O) groups excluding carboxylic acids is 2. The highest BCUT2D eigenvalue weighted by Crippen LogP contribution is 2.32. The summed E-state index contributed by atoms with van der Waals surface area (Å²) in [5, 5.41) is 0. The lowest BCUT2D eigenvalue weighted by molar-refractivity contribution is 0.0613. The van der Waals surface area contributed by atoms with Gasteiger partial charge < -0.3 is 0 Å². The van der Waals surface area contributed by atoms with Gasteiger partial charge in [0.1, 0.15) is 0 Å². The minimum Gasteiger partial charge on any atom is -0.269 e. The third kappa shape index (κ3) is 2.26. The van der Waals surface area contributed by atoms with Crippen molar-refractivity contribution >= 4 is 23.4 Å². The first-order valence-electron chi connectivity index (χ1n) is 6.53. The van der Waals surface area contributed by atoms with E-state index in [0.717, 1.165) is 5.56 Å². The van der Waals surface area contributed by atoms with Gasteiger partial charge in [0.15, 0.2) is 0 Å². The number of amides is 2. The van der Waals surface area contributed by atoms with E-state index in [4.69, 9.17) is 11.6 Å².